The maximum atomic E-state index is 12.9. The summed E-state index contributed by atoms with van der Waals surface area (Å²) < 4.78 is 25.8. The van der Waals surface area contributed by atoms with Crippen LogP contribution in [-0.2, 0) is 21.1 Å². The van der Waals surface area contributed by atoms with Crippen molar-refractivity contribution in [3.8, 4) is 0 Å². The van der Waals surface area contributed by atoms with Gasteiger partial charge in [-0.25, -0.2) is 8.42 Å². The first-order valence-corrected chi connectivity index (χ1v) is 11.6. The van der Waals surface area contributed by atoms with Crippen LogP contribution in [0.25, 0.3) is 0 Å². The van der Waals surface area contributed by atoms with E-state index in [1.165, 1.54) is 41.0 Å². The quantitative estimate of drug-likeness (QED) is 0.519. The van der Waals surface area contributed by atoms with E-state index in [-0.39, 0.29) is 27.3 Å². The molecule has 2 aromatic carbocycles. The second kappa shape index (κ2) is 8.66. The summed E-state index contributed by atoms with van der Waals surface area (Å²) in [5.74, 6) is -0.656. The SMILES string of the molecule is CC(Cc1ccccc1Cl)C(=O)Nc1cscc1S(=O)(=O)c1ccc(Cl)cc1. The molecule has 1 aromatic heterocycles. The molecule has 1 unspecified atom stereocenters. The highest BCUT2D eigenvalue weighted by molar-refractivity contribution is 7.91. The Bertz CT molecular complexity index is 1090. The molecule has 28 heavy (non-hydrogen) atoms. The van der Waals surface area contributed by atoms with E-state index in [2.05, 4.69) is 5.32 Å². The molecular formula is C20H17Cl2NO3S2. The number of benzene rings is 2. The molecule has 0 bridgehead atoms. The molecule has 3 aromatic rings. The van der Waals surface area contributed by atoms with Gasteiger partial charge >= 0.3 is 0 Å². The number of halogens is 2. The molecule has 0 radical (unpaired) electrons. The van der Waals surface area contributed by atoms with Gasteiger partial charge in [0.25, 0.3) is 0 Å². The second-order valence-corrected chi connectivity index (χ2v) is 9.80. The fourth-order valence-electron chi connectivity index (χ4n) is 2.67. The van der Waals surface area contributed by atoms with Gasteiger partial charge in [-0.15, -0.1) is 11.3 Å². The number of hydrogen-bond donors (Lipinski definition) is 1. The molecule has 0 fully saturated rings. The van der Waals surface area contributed by atoms with Crippen LogP contribution in [-0.4, -0.2) is 14.3 Å². The lowest BCUT2D eigenvalue weighted by Gasteiger charge is -2.14. The molecule has 1 amide bonds. The standard InChI is InChI=1S/C20H17Cl2NO3S2/c1-13(10-14-4-2-3-5-17(14)22)20(24)23-18-11-27-12-19(18)28(25,26)16-8-6-15(21)7-9-16/h2-9,11-13H,10H2,1H3,(H,23,24). The number of thiophene rings is 1. The third kappa shape index (κ3) is 4.58. The van der Waals surface area contributed by atoms with Crippen molar-refractivity contribution >= 4 is 56.0 Å². The Kier molecular flexibility index (Phi) is 6.45. The van der Waals surface area contributed by atoms with E-state index in [4.69, 9.17) is 23.2 Å². The average Bonchev–Trinajstić information content (AvgIpc) is 3.13. The number of hydrogen-bond acceptors (Lipinski definition) is 4. The first-order chi connectivity index (χ1) is 13.3. The number of amides is 1. The highest BCUT2D eigenvalue weighted by Crippen LogP contribution is 2.32. The minimum absolute atomic E-state index is 0.0677. The molecule has 0 aliphatic heterocycles. The summed E-state index contributed by atoms with van der Waals surface area (Å²) in [6.45, 7) is 1.78. The second-order valence-electron chi connectivity index (χ2n) is 6.29. The lowest BCUT2D eigenvalue weighted by atomic mass is 10.0. The van der Waals surface area contributed by atoms with Gasteiger partial charge in [0, 0.05) is 26.7 Å². The van der Waals surface area contributed by atoms with Gasteiger partial charge in [0.05, 0.1) is 10.6 Å². The Hall–Kier alpha value is -1.86. The van der Waals surface area contributed by atoms with Gasteiger partial charge in [0.2, 0.25) is 15.7 Å². The van der Waals surface area contributed by atoms with Crippen LogP contribution in [0.2, 0.25) is 10.0 Å². The molecule has 0 spiro atoms. The van der Waals surface area contributed by atoms with Crippen molar-refractivity contribution in [2.24, 2.45) is 5.92 Å². The van der Waals surface area contributed by atoms with Gasteiger partial charge in [-0.05, 0) is 42.3 Å². The molecule has 0 saturated heterocycles. The van der Waals surface area contributed by atoms with Crippen molar-refractivity contribution < 1.29 is 13.2 Å². The zero-order valence-corrected chi connectivity index (χ0v) is 18.0. The monoisotopic (exact) mass is 453 g/mol. The van der Waals surface area contributed by atoms with Crippen LogP contribution in [0.4, 0.5) is 5.69 Å². The van der Waals surface area contributed by atoms with Crippen molar-refractivity contribution in [2.45, 2.75) is 23.1 Å². The van der Waals surface area contributed by atoms with Crippen molar-refractivity contribution in [2.75, 3.05) is 5.32 Å². The van der Waals surface area contributed by atoms with Crippen LogP contribution in [0.15, 0.2) is 69.1 Å². The molecule has 0 aliphatic carbocycles. The number of anilines is 1. The lowest BCUT2D eigenvalue weighted by molar-refractivity contribution is -0.119. The van der Waals surface area contributed by atoms with E-state index in [0.717, 1.165) is 5.56 Å². The summed E-state index contributed by atoms with van der Waals surface area (Å²) in [4.78, 5) is 12.8. The van der Waals surface area contributed by atoms with Gasteiger partial charge in [0.15, 0.2) is 0 Å². The number of nitrogens with one attached hydrogen (secondary N) is 1. The molecule has 0 saturated carbocycles. The van der Waals surface area contributed by atoms with E-state index in [0.29, 0.717) is 16.5 Å². The summed E-state index contributed by atoms with van der Waals surface area (Å²) in [5, 5.41) is 6.92. The Morgan fingerprint density at radius 1 is 1.07 bits per heavy atom. The van der Waals surface area contributed by atoms with Crippen LogP contribution in [0.1, 0.15) is 12.5 Å². The first-order valence-electron chi connectivity index (χ1n) is 8.40. The third-order valence-electron chi connectivity index (χ3n) is 4.23. The normalized spacial score (nSPS) is 12.5. The fourth-order valence-corrected chi connectivity index (χ4v) is 5.54. The van der Waals surface area contributed by atoms with Gasteiger partial charge in [0.1, 0.15) is 4.90 Å². The van der Waals surface area contributed by atoms with Gasteiger partial charge in [-0.2, -0.15) is 0 Å². The highest BCUT2D eigenvalue weighted by atomic mass is 35.5. The van der Waals surface area contributed by atoms with Crippen LogP contribution >= 0.6 is 34.5 Å². The molecule has 1 heterocycles. The first kappa shape index (κ1) is 20.9. The summed E-state index contributed by atoms with van der Waals surface area (Å²) in [6.07, 6.45) is 0.453. The van der Waals surface area contributed by atoms with E-state index in [1.807, 2.05) is 18.2 Å². The highest BCUT2D eigenvalue weighted by Gasteiger charge is 2.24. The molecule has 3 rings (SSSR count). The van der Waals surface area contributed by atoms with E-state index < -0.39 is 9.84 Å². The van der Waals surface area contributed by atoms with Crippen molar-refractivity contribution in [1.82, 2.24) is 0 Å². The molecule has 146 valence electrons. The predicted octanol–water partition coefficient (Wildman–Crippen LogP) is 5.71. The molecule has 8 heteroatoms. The molecule has 1 atom stereocenters. The summed E-state index contributed by atoms with van der Waals surface area (Å²) >= 11 is 13.2. The Labute approximate surface area is 178 Å². The lowest BCUT2D eigenvalue weighted by Crippen LogP contribution is -2.23. The van der Waals surface area contributed by atoms with Crippen molar-refractivity contribution in [1.29, 1.82) is 0 Å². The molecular weight excluding hydrogens is 437 g/mol. The number of sulfone groups is 1. The summed E-state index contributed by atoms with van der Waals surface area (Å²) in [6, 6.07) is 13.3. The van der Waals surface area contributed by atoms with E-state index in [1.54, 1.807) is 18.4 Å². The van der Waals surface area contributed by atoms with Crippen LogP contribution < -0.4 is 5.32 Å². The molecule has 1 N–H and O–H groups in total. The van der Waals surface area contributed by atoms with Crippen LogP contribution in [0, 0.1) is 5.92 Å². The van der Waals surface area contributed by atoms with Crippen molar-refractivity contribution in [3.05, 3.63) is 74.9 Å². The summed E-state index contributed by atoms with van der Waals surface area (Å²) in [5.41, 5.74) is 1.14. The Morgan fingerprint density at radius 2 is 1.75 bits per heavy atom. The largest absolute Gasteiger partial charge is 0.324 e. The maximum Gasteiger partial charge on any atom is 0.227 e. The number of rotatable bonds is 6. The topological polar surface area (TPSA) is 63.2 Å². The van der Waals surface area contributed by atoms with Crippen LogP contribution in [0.5, 0.6) is 0 Å². The predicted molar refractivity (Wildman–Crippen MR) is 114 cm³/mol. The van der Waals surface area contributed by atoms with Gasteiger partial charge < -0.3 is 5.32 Å². The summed E-state index contributed by atoms with van der Waals surface area (Å²) in [7, 11) is -3.76. The Balaban J connectivity index is 1.79. The fraction of sp³-hybridized carbons (Fsp3) is 0.150. The smallest absolute Gasteiger partial charge is 0.227 e. The average molecular weight is 454 g/mol. The van der Waals surface area contributed by atoms with E-state index >= 15 is 0 Å². The van der Waals surface area contributed by atoms with Gasteiger partial charge in [-0.3, -0.25) is 4.79 Å². The minimum atomic E-state index is -3.76. The Morgan fingerprint density at radius 3 is 2.43 bits per heavy atom. The molecule has 4 nitrogen and oxygen atoms in total. The maximum absolute atomic E-state index is 12.9. The minimum Gasteiger partial charge on any atom is -0.324 e. The van der Waals surface area contributed by atoms with Gasteiger partial charge in [-0.1, -0.05) is 48.3 Å². The zero-order chi connectivity index (χ0) is 20.3. The van der Waals surface area contributed by atoms with Crippen molar-refractivity contribution in [3.63, 3.8) is 0 Å². The number of carbonyl (C=O) groups excluding carboxylic acids is 1. The van der Waals surface area contributed by atoms with E-state index in [9.17, 15) is 13.2 Å². The molecule has 0 aliphatic rings. The third-order valence-corrected chi connectivity index (χ3v) is 7.55. The number of carbonyl (C=O) groups is 1. The van der Waals surface area contributed by atoms with Crippen LogP contribution in [0.3, 0.4) is 0 Å². The zero-order valence-electron chi connectivity index (χ0n) is 14.9.